The molecule has 1 atom stereocenters. The lowest BCUT2D eigenvalue weighted by Crippen LogP contribution is -3.21. The van der Waals surface area contributed by atoms with Gasteiger partial charge in [-0.25, -0.2) is 4.79 Å². The summed E-state index contributed by atoms with van der Waals surface area (Å²) >= 11 is 0. The van der Waals surface area contributed by atoms with E-state index >= 15 is 0 Å². The molecule has 0 aromatic heterocycles. The van der Waals surface area contributed by atoms with Gasteiger partial charge in [-0.2, -0.15) is 9.76 Å². The molecular weight excluding hydrogens is 264 g/mol. The molecule has 21 heavy (non-hydrogen) atoms. The van der Waals surface area contributed by atoms with E-state index in [1.54, 1.807) is 0 Å². The molecule has 0 fully saturated rings. The van der Waals surface area contributed by atoms with Gasteiger partial charge in [0.25, 0.3) is 0 Å². The number of nitrogens with one attached hydrogen (secondary N) is 1. The highest BCUT2D eigenvalue weighted by Crippen LogP contribution is 2.10. The zero-order chi connectivity index (χ0) is 16.1. The Morgan fingerprint density at radius 2 is 1.33 bits per heavy atom. The van der Waals surface area contributed by atoms with E-state index < -0.39 is 0 Å². The highest BCUT2D eigenvalue weighted by molar-refractivity contribution is 5.66. The van der Waals surface area contributed by atoms with Crippen LogP contribution in [0.5, 0.6) is 0 Å². The van der Waals surface area contributed by atoms with Gasteiger partial charge < -0.3 is 5.21 Å². The monoisotopic (exact) mass is 301 g/mol. The summed E-state index contributed by atoms with van der Waals surface area (Å²) in [6.07, 6.45) is 12.4. The number of carbonyl (C=O) groups is 1. The lowest BCUT2D eigenvalue weighted by Gasteiger charge is -2.36. The van der Waals surface area contributed by atoms with Crippen LogP contribution < -0.4 is 5.17 Å². The largest absolute Gasteiger partial charge is 0.576 e. The zero-order valence-electron chi connectivity index (χ0n) is 14.7. The molecule has 1 N–H and O–H groups in total. The van der Waals surface area contributed by atoms with Crippen molar-refractivity contribution in [1.29, 1.82) is 0 Å². The predicted octanol–water partition coefficient (Wildman–Crippen LogP) is 3.22. The van der Waals surface area contributed by atoms with E-state index in [0.717, 1.165) is 25.8 Å². The van der Waals surface area contributed by atoms with Crippen LogP contribution in [0.15, 0.2) is 0 Å². The molecule has 126 valence electrons. The van der Waals surface area contributed by atoms with Crippen molar-refractivity contribution in [1.82, 2.24) is 0 Å². The fourth-order valence-corrected chi connectivity index (χ4v) is 2.70. The Kier molecular flexibility index (Phi) is 11.9. The lowest BCUT2D eigenvalue weighted by atomic mass is 10.1. The fourth-order valence-electron chi connectivity index (χ4n) is 2.70. The molecule has 0 saturated carbocycles. The summed E-state index contributed by atoms with van der Waals surface area (Å²) in [6, 6.07) is 0. The van der Waals surface area contributed by atoms with E-state index in [1.807, 2.05) is 21.0 Å². The molecule has 0 bridgehead atoms. The van der Waals surface area contributed by atoms with E-state index in [0.29, 0.717) is 6.42 Å². The average Bonchev–Trinajstić information content (AvgIpc) is 2.44. The van der Waals surface area contributed by atoms with Crippen molar-refractivity contribution in [2.75, 3.05) is 20.6 Å². The lowest BCUT2D eigenvalue weighted by molar-refractivity contribution is -1.43. The summed E-state index contributed by atoms with van der Waals surface area (Å²) < 4.78 is 0.201. The molecule has 0 aliphatic carbocycles. The third kappa shape index (κ3) is 9.99. The van der Waals surface area contributed by atoms with Crippen molar-refractivity contribution in [2.45, 2.75) is 84.5 Å². The van der Waals surface area contributed by atoms with Crippen molar-refractivity contribution in [3.05, 3.63) is 5.21 Å². The molecule has 0 aromatic carbocycles. The smallest absolute Gasteiger partial charge is 0.359 e. The fraction of sp³-hybridized carbons (Fsp3) is 0.941. The molecule has 4 heteroatoms. The summed E-state index contributed by atoms with van der Waals surface area (Å²) in [5, 5.41) is 11.8. The van der Waals surface area contributed by atoms with Gasteiger partial charge >= 0.3 is 5.91 Å². The van der Waals surface area contributed by atoms with E-state index in [9.17, 15) is 10.0 Å². The number of unbranched alkanes of at least 4 members (excludes halogenated alkanes) is 8. The van der Waals surface area contributed by atoms with Gasteiger partial charge in [-0.05, 0) is 12.8 Å². The van der Waals surface area contributed by atoms with Crippen LogP contribution in [0.2, 0.25) is 0 Å². The Labute approximate surface area is 131 Å². The molecule has 1 amide bonds. The minimum atomic E-state index is -0.226. The molecular formula is C17H37N2O2+. The molecule has 0 aromatic rings. The van der Waals surface area contributed by atoms with Crippen molar-refractivity contribution in [3.63, 3.8) is 0 Å². The van der Waals surface area contributed by atoms with Crippen molar-refractivity contribution in [3.8, 4) is 0 Å². The maximum absolute atomic E-state index is 12.0. The first-order valence-corrected chi connectivity index (χ1v) is 8.86. The molecule has 0 aliphatic rings. The molecule has 4 nitrogen and oxygen atoms in total. The van der Waals surface area contributed by atoms with Crippen molar-refractivity contribution >= 4 is 5.91 Å². The number of amides is 1. The third-order valence-electron chi connectivity index (χ3n) is 4.08. The minimum Gasteiger partial charge on any atom is -0.576 e. The summed E-state index contributed by atoms with van der Waals surface area (Å²) in [7, 11) is 3.67. The average molecular weight is 301 g/mol. The number of hydrogen-bond acceptors (Lipinski definition) is 2. The Hall–Kier alpha value is -0.450. The molecule has 0 saturated heterocycles. The highest BCUT2D eigenvalue weighted by Gasteiger charge is 2.27. The summed E-state index contributed by atoms with van der Waals surface area (Å²) in [5.41, 5.74) is 0. The summed E-state index contributed by atoms with van der Waals surface area (Å²) in [6.45, 7) is 5.01. The van der Waals surface area contributed by atoms with Gasteiger partial charge in [-0.1, -0.05) is 65.2 Å². The van der Waals surface area contributed by atoms with Gasteiger partial charge in [-0.15, -0.1) is 0 Å². The van der Waals surface area contributed by atoms with Crippen molar-refractivity contribution < 1.29 is 14.6 Å². The maximum atomic E-state index is 12.0. The van der Waals surface area contributed by atoms with Crippen LogP contribution in [-0.2, 0) is 4.79 Å². The number of carbonyl (C=O) groups excluding carboxylic acids is 1. The number of nitrogens with zero attached hydrogens (tertiary/aromatic N) is 1. The van der Waals surface area contributed by atoms with Crippen LogP contribution >= 0.6 is 0 Å². The van der Waals surface area contributed by atoms with Crippen LogP contribution in [-0.4, -0.2) is 31.1 Å². The first-order valence-electron chi connectivity index (χ1n) is 8.86. The van der Waals surface area contributed by atoms with E-state index in [-0.39, 0.29) is 15.7 Å². The second kappa shape index (κ2) is 12.1. The normalized spacial score (nSPS) is 13.4. The van der Waals surface area contributed by atoms with E-state index in [1.165, 1.54) is 44.9 Å². The Bertz CT molecular complexity index is 268. The minimum absolute atomic E-state index is 0.184. The first-order chi connectivity index (χ1) is 9.95. The van der Waals surface area contributed by atoms with Crippen LogP contribution in [0, 0.1) is 5.21 Å². The van der Waals surface area contributed by atoms with Gasteiger partial charge in [0.05, 0.1) is 6.42 Å². The maximum Gasteiger partial charge on any atom is 0.359 e. The van der Waals surface area contributed by atoms with E-state index in [2.05, 4.69) is 6.92 Å². The SMILES string of the molecule is CCCCCCCCCCCC(=O)[NH+]([O-])[N+](C)(C)CCC. The Morgan fingerprint density at radius 3 is 1.81 bits per heavy atom. The van der Waals surface area contributed by atoms with Crippen molar-refractivity contribution in [2.24, 2.45) is 0 Å². The standard InChI is InChI=1S/C17H37N2O2/c1-5-7-8-9-10-11-12-13-14-15-17(20)18(21)19(3,4)16-6-2/h18H,5-16H2,1-4H3/q+1. The summed E-state index contributed by atoms with van der Waals surface area (Å²) in [4.78, 5) is 11.9. The quantitative estimate of drug-likeness (QED) is 0.322. The number of hydrogen-bond donors (Lipinski definition) is 1. The van der Waals surface area contributed by atoms with Crippen LogP contribution in [0.1, 0.15) is 84.5 Å². The van der Waals surface area contributed by atoms with Crippen LogP contribution in [0.3, 0.4) is 0 Å². The van der Waals surface area contributed by atoms with Gasteiger partial charge in [0, 0.05) is 0 Å². The first kappa shape index (κ1) is 20.6. The van der Waals surface area contributed by atoms with Crippen LogP contribution in [0.4, 0.5) is 0 Å². The van der Waals surface area contributed by atoms with Gasteiger partial charge in [0.2, 0.25) is 0 Å². The number of quaternary nitrogens is 2. The summed E-state index contributed by atoms with van der Waals surface area (Å²) in [5.74, 6) is -0.184. The van der Waals surface area contributed by atoms with Gasteiger partial charge in [0.15, 0.2) is 0 Å². The second-order valence-electron chi connectivity index (χ2n) is 6.72. The van der Waals surface area contributed by atoms with Gasteiger partial charge in [0.1, 0.15) is 20.6 Å². The Balaban J connectivity index is 3.61. The van der Waals surface area contributed by atoms with Gasteiger partial charge in [-0.3, -0.25) is 0 Å². The zero-order valence-corrected chi connectivity index (χ0v) is 14.7. The predicted molar refractivity (Wildman–Crippen MR) is 88.4 cm³/mol. The molecule has 1 unspecified atom stereocenters. The van der Waals surface area contributed by atoms with E-state index in [4.69, 9.17) is 0 Å². The Morgan fingerprint density at radius 1 is 0.857 bits per heavy atom. The molecule has 0 rings (SSSR count). The molecule has 0 spiro atoms. The van der Waals surface area contributed by atoms with Crippen LogP contribution in [0.25, 0.3) is 0 Å². The molecule has 0 aliphatic heterocycles. The number of hydroxylamine groups is 1. The highest BCUT2D eigenvalue weighted by atomic mass is 16.6. The number of rotatable bonds is 13. The molecule has 0 radical (unpaired) electrons. The molecule has 0 heterocycles. The topological polar surface area (TPSA) is 44.6 Å². The third-order valence-corrected chi connectivity index (χ3v) is 4.08. The second-order valence-corrected chi connectivity index (χ2v) is 6.72.